The first-order chi connectivity index (χ1) is 21.2. The quantitative estimate of drug-likeness (QED) is 0.202. The Morgan fingerprint density at radius 2 is 1.15 bits per heavy atom. The molecule has 2 unspecified atom stereocenters. The Bertz CT molecular complexity index is 1760. The highest BCUT2D eigenvalue weighted by Gasteiger charge is 2.45. The SMILES string of the molecule is C.C.COc1cccc(C)c1-c1cccc2c1P(=O)(C(C)(C)C)CC2.COc1cccc(C)c1-c1cccc2c1P(C(C)(C)C)CC2. The molecule has 0 amide bonds. The van der Waals surface area contributed by atoms with Crippen LogP contribution in [-0.2, 0) is 17.4 Å². The summed E-state index contributed by atoms with van der Waals surface area (Å²) in [6, 6.07) is 25.6. The molecule has 2 aliphatic heterocycles. The van der Waals surface area contributed by atoms with Crippen molar-refractivity contribution in [2.24, 2.45) is 0 Å². The van der Waals surface area contributed by atoms with Crippen LogP contribution in [0.4, 0.5) is 0 Å². The van der Waals surface area contributed by atoms with E-state index in [-0.39, 0.29) is 27.9 Å². The molecule has 0 N–H and O–H groups in total. The summed E-state index contributed by atoms with van der Waals surface area (Å²) in [7, 11) is 0.887. The van der Waals surface area contributed by atoms with E-state index in [0.29, 0.717) is 5.16 Å². The molecular weight excluding hydrogens is 614 g/mol. The molecular formula is C42H58O3P2. The van der Waals surface area contributed by atoms with Crippen LogP contribution in [0.2, 0.25) is 0 Å². The molecule has 4 aromatic carbocycles. The van der Waals surface area contributed by atoms with Crippen molar-refractivity contribution < 1.29 is 14.0 Å². The average Bonchev–Trinajstić information content (AvgIpc) is 3.60. The van der Waals surface area contributed by atoms with Crippen LogP contribution in [0.3, 0.4) is 0 Å². The van der Waals surface area contributed by atoms with E-state index in [1.54, 1.807) is 25.1 Å². The Morgan fingerprint density at radius 3 is 1.66 bits per heavy atom. The van der Waals surface area contributed by atoms with Crippen LogP contribution >= 0.6 is 15.1 Å². The highest BCUT2D eigenvalue weighted by Crippen LogP contribution is 2.62. The smallest absolute Gasteiger partial charge is 0.126 e. The summed E-state index contributed by atoms with van der Waals surface area (Å²) >= 11 is 0. The Kier molecular flexibility index (Phi) is 12.1. The van der Waals surface area contributed by atoms with Gasteiger partial charge in [-0.15, -0.1) is 0 Å². The molecule has 0 aliphatic carbocycles. The van der Waals surface area contributed by atoms with E-state index in [2.05, 4.69) is 116 Å². The van der Waals surface area contributed by atoms with Crippen LogP contribution in [0.25, 0.3) is 22.3 Å². The molecule has 2 atom stereocenters. The number of aryl methyl sites for hydroxylation is 4. The first kappa shape index (κ1) is 38.6. The minimum atomic E-state index is -2.45. The molecule has 3 nitrogen and oxygen atoms in total. The van der Waals surface area contributed by atoms with E-state index in [1.807, 2.05) is 12.1 Å². The summed E-state index contributed by atoms with van der Waals surface area (Å²) in [6.07, 6.45) is 4.22. The van der Waals surface area contributed by atoms with Gasteiger partial charge in [-0.3, -0.25) is 0 Å². The Hall–Kier alpha value is -2.86. The minimum absolute atomic E-state index is 0. The predicted molar refractivity (Wildman–Crippen MR) is 210 cm³/mol. The summed E-state index contributed by atoms with van der Waals surface area (Å²) in [5.41, 5.74) is 10.1. The number of rotatable bonds is 4. The first-order valence-electron chi connectivity index (χ1n) is 16.1. The number of fused-ring (bicyclic) bond motifs is 2. The molecule has 0 fully saturated rings. The maximum atomic E-state index is 13.9. The largest absolute Gasteiger partial charge is 0.496 e. The maximum Gasteiger partial charge on any atom is 0.126 e. The van der Waals surface area contributed by atoms with Gasteiger partial charge < -0.3 is 14.0 Å². The van der Waals surface area contributed by atoms with Crippen LogP contribution in [0.1, 0.15) is 78.6 Å². The topological polar surface area (TPSA) is 35.5 Å². The predicted octanol–water partition coefficient (Wildman–Crippen LogP) is 11.4. The summed E-state index contributed by atoms with van der Waals surface area (Å²) < 4.78 is 25.2. The van der Waals surface area contributed by atoms with E-state index in [4.69, 9.17) is 9.47 Å². The fraction of sp³-hybridized carbons (Fsp3) is 0.429. The van der Waals surface area contributed by atoms with Crippen molar-refractivity contribution in [2.75, 3.05) is 26.5 Å². The number of ether oxygens (including phenoxy) is 2. The summed E-state index contributed by atoms with van der Waals surface area (Å²) in [4.78, 5) is 0. The van der Waals surface area contributed by atoms with Crippen LogP contribution in [0.15, 0.2) is 72.8 Å². The van der Waals surface area contributed by atoms with Gasteiger partial charge in [0.25, 0.3) is 0 Å². The number of benzene rings is 4. The van der Waals surface area contributed by atoms with Crippen molar-refractivity contribution in [1.29, 1.82) is 0 Å². The summed E-state index contributed by atoms with van der Waals surface area (Å²) in [5.74, 6) is 1.84. The highest BCUT2D eigenvalue weighted by molar-refractivity contribution is 7.73. The lowest BCUT2D eigenvalue weighted by Crippen LogP contribution is -2.24. The second kappa shape index (κ2) is 14.7. The lowest BCUT2D eigenvalue weighted by atomic mass is 9.97. The monoisotopic (exact) mass is 672 g/mol. The maximum absolute atomic E-state index is 13.9. The van der Waals surface area contributed by atoms with Gasteiger partial charge >= 0.3 is 0 Å². The van der Waals surface area contributed by atoms with E-state index < -0.39 is 7.14 Å². The van der Waals surface area contributed by atoms with Gasteiger partial charge in [-0.1, -0.05) is 125 Å². The molecule has 6 rings (SSSR count). The average molecular weight is 673 g/mol. The lowest BCUT2D eigenvalue weighted by molar-refractivity contribution is 0.416. The van der Waals surface area contributed by atoms with Gasteiger partial charge in [0.15, 0.2) is 0 Å². The molecule has 254 valence electrons. The zero-order chi connectivity index (χ0) is 32.7. The molecule has 5 heteroatoms. The molecule has 0 bridgehead atoms. The van der Waals surface area contributed by atoms with E-state index >= 15 is 0 Å². The number of hydrogen-bond donors (Lipinski definition) is 0. The first-order valence-corrected chi connectivity index (χ1v) is 19.5. The standard InChI is InChI=1S/C20H25O2P.C20H25OP.2CH4/c1-14-8-6-11-17(22-5)18(14)16-10-7-9-15-12-13-23(21,19(15)16)20(2,3)4;1-14-8-6-11-17(21-5)18(14)16-10-7-9-15-12-13-22(19(15)16)20(2,3)4;;/h6-11H,12-13H2,1-5H3;6-11H,12-13H2,1-5H3;2*1H4. The van der Waals surface area contributed by atoms with Crippen molar-refractivity contribution >= 4 is 25.7 Å². The second-order valence-electron chi connectivity index (χ2n) is 14.4. The molecule has 0 radical (unpaired) electrons. The highest BCUT2D eigenvalue weighted by atomic mass is 31.2. The van der Waals surface area contributed by atoms with Gasteiger partial charge in [0.2, 0.25) is 0 Å². The van der Waals surface area contributed by atoms with Crippen molar-refractivity contribution in [3.8, 4) is 33.8 Å². The number of hydrogen-bond acceptors (Lipinski definition) is 3. The molecule has 0 spiro atoms. The van der Waals surface area contributed by atoms with Crippen molar-refractivity contribution in [2.45, 2.75) is 93.4 Å². The minimum Gasteiger partial charge on any atom is -0.496 e. The molecule has 0 saturated heterocycles. The fourth-order valence-corrected chi connectivity index (χ4v) is 13.5. The molecule has 0 aromatic heterocycles. The fourth-order valence-electron chi connectivity index (χ4n) is 7.12. The molecule has 47 heavy (non-hydrogen) atoms. The summed E-state index contributed by atoms with van der Waals surface area (Å²) in [5, 5.41) is 2.83. The van der Waals surface area contributed by atoms with Crippen molar-refractivity contribution in [3.63, 3.8) is 0 Å². The van der Waals surface area contributed by atoms with Gasteiger partial charge in [-0.05, 0) is 88.8 Å². The van der Waals surface area contributed by atoms with Crippen molar-refractivity contribution in [1.82, 2.24) is 0 Å². The second-order valence-corrected chi connectivity index (χ2v) is 21.2. The zero-order valence-electron chi connectivity index (χ0n) is 28.9. The third-order valence-corrected chi connectivity index (χ3v) is 17.1. The van der Waals surface area contributed by atoms with Crippen LogP contribution in [0, 0.1) is 13.8 Å². The van der Waals surface area contributed by atoms with Crippen LogP contribution < -0.4 is 20.1 Å². The van der Waals surface area contributed by atoms with Gasteiger partial charge in [0, 0.05) is 27.7 Å². The molecule has 4 aromatic rings. The normalized spacial score (nSPS) is 18.1. The van der Waals surface area contributed by atoms with E-state index in [9.17, 15) is 4.57 Å². The summed E-state index contributed by atoms with van der Waals surface area (Å²) in [6.45, 7) is 17.8. The molecule has 0 saturated carbocycles. The Morgan fingerprint density at radius 1 is 0.660 bits per heavy atom. The van der Waals surface area contributed by atoms with Crippen molar-refractivity contribution in [3.05, 3.63) is 95.1 Å². The van der Waals surface area contributed by atoms with E-state index in [0.717, 1.165) is 46.1 Å². The van der Waals surface area contributed by atoms with E-state index in [1.165, 1.54) is 34.8 Å². The lowest BCUT2D eigenvalue weighted by Gasteiger charge is -2.30. The molecule has 2 aliphatic rings. The Labute approximate surface area is 287 Å². The number of methoxy groups -OCH3 is 2. The van der Waals surface area contributed by atoms with Gasteiger partial charge in [-0.2, -0.15) is 0 Å². The third-order valence-electron chi connectivity index (χ3n) is 9.51. The van der Waals surface area contributed by atoms with Crippen LogP contribution in [0.5, 0.6) is 11.5 Å². The van der Waals surface area contributed by atoms with Crippen LogP contribution in [-0.4, -0.2) is 36.9 Å². The molecule has 2 heterocycles. The van der Waals surface area contributed by atoms with Gasteiger partial charge in [0.05, 0.1) is 14.2 Å². The van der Waals surface area contributed by atoms with Gasteiger partial charge in [-0.25, -0.2) is 0 Å². The third kappa shape index (κ3) is 7.14. The Balaban J connectivity index is 0.000000245. The zero-order valence-corrected chi connectivity index (χ0v) is 30.7. The van der Waals surface area contributed by atoms with Gasteiger partial charge in [0.1, 0.15) is 18.6 Å².